The van der Waals surface area contributed by atoms with Gasteiger partial charge in [-0.15, -0.1) is 0 Å². The summed E-state index contributed by atoms with van der Waals surface area (Å²) in [6.07, 6.45) is 15.3. The van der Waals surface area contributed by atoms with Gasteiger partial charge in [-0.3, -0.25) is 4.79 Å². The number of nitrogens with one attached hydrogen (secondary N) is 1. The van der Waals surface area contributed by atoms with Crippen LogP contribution in [0.25, 0.3) is 0 Å². The fourth-order valence-corrected chi connectivity index (χ4v) is 9.59. The van der Waals surface area contributed by atoms with Gasteiger partial charge in [-0.25, -0.2) is 8.42 Å². The number of amides is 1. The van der Waals surface area contributed by atoms with Crippen LogP contribution in [0.3, 0.4) is 0 Å². The fraction of sp³-hybridized carbons (Fsp3) is 0.963. The molecular weight excluding hydrogens is 457 g/mol. The molecule has 0 aromatic carbocycles. The van der Waals surface area contributed by atoms with Crippen molar-refractivity contribution in [1.82, 2.24) is 5.32 Å². The van der Waals surface area contributed by atoms with E-state index in [0.717, 1.165) is 30.1 Å². The Morgan fingerprint density at radius 3 is 2.41 bits per heavy atom. The van der Waals surface area contributed by atoms with Crippen molar-refractivity contribution in [3.63, 3.8) is 0 Å². The second-order valence-corrected chi connectivity index (χ2v) is 13.8. The van der Waals surface area contributed by atoms with Crippen LogP contribution in [0.2, 0.25) is 0 Å². The summed E-state index contributed by atoms with van der Waals surface area (Å²) in [6, 6.07) is 0. The first kappa shape index (κ1) is 30.6. The van der Waals surface area contributed by atoms with Gasteiger partial charge in [-0.1, -0.05) is 41.0 Å². The summed E-state index contributed by atoms with van der Waals surface area (Å²) in [5.74, 6) is 4.17. The third kappa shape index (κ3) is 6.09. The summed E-state index contributed by atoms with van der Waals surface area (Å²) < 4.78 is 32.1. The first-order valence-electron chi connectivity index (χ1n) is 13.2. The molecule has 0 heterocycles. The SMILES string of the molecule is C.C[C@H](CCC(=O)NCCS(=O)(=O)[O-])C1CCC2C3CCC4CCCCC4(C)C3CCC21C.[Na+]. The number of carbonyl (C=O) groups is 1. The minimum atomic E-state index is -4.27. The van der Waals surface area contributed by atoms with Crippen LogP contribution in [0.1, 0.15) is 105 Å². The Bertz CT molecular complexity index is 804. The van der Waals surface area contributed by atoms with E-state index in [9.17, 15) is 17.8 Å². The largest absolute Gasteiger partial charge is 1.00 e. The number of carbonyl (C=O) groups excluding carboxylic acids is 1. The zero-order chi connectivity index (χ0) is 23.1. The van der Waals surface area contributed by atoms with Crippen LogP contribution in [-0.4, -0.2) is 31.2 Å². The van der Waals surface area contributed by atoms with E-state index in [1.54, 1.807) is 0 Å². The van der Waals surface area contributed by atoms with Gasteiger partial charge in [0.15, 0.2) is 0 Å². The van der Waals surface area contributed by atoms with E-state index in [4.69, 9.17) is 0 Å². The Kier molecular flexibility index (Phi) is 10.7. The monoisotopic (exact) mass is 505 g/mol. The summed E-state index contributed by atoms with van der Waals surface area (Å²) in [4.78, 5) is 12.2. The molecule has 0 aromatic rings. The third-order valence-electron chi connectivity index (χ3n) is 10.8. The molecule has 34 heavy (non-hydrogen) atoms. The first-order valence-corrected chi connectivity index (χ1v) is 14.8. The number of hydrogen-bond acceptors (Lipinski definition) is 4. The second-order valence-electron chi connectivity index (χ2n) is 12.3. The van der Waals surface area contributed by atoms with Gasteiger partial charge in [-0.05, 0) is 104 Å². The van der Waals surface area contributed by atoms with Gasteiger partial charge in [0.1, 0.15) is 0 Å². The van der Waals surface area contributed by atoms with Gasteiger partial charge in [0.05, 0.1) is 15.9 Å². The normalized spacial score (nSPS) is 39.9. The maximum atomic E-state index is 12.2. The van der Waals surface area contributed by atoms with Gasteiger partial charge in [0.2, 0.25) is 5.91 Å². The predicted molar refractivity (Wildman–Crippen MR) is 133 cm³/mol. The van der Waals surface area contributed by atoms with E-state index < -0.39 is 15.9 Å². The minimum absolute atomic E-state index is 0. The molecule has 8 atom stereocenters. The van der Waals surface area contributed by atoms with Crippen LogP contribution in [0.15, 0.2) is 0 Å². The van der Waals surface area contributed by atoms with Crippen LogP contribution in [0.4, 0.5) is 0 Å². The molecule has 0 aliphatic heterocycles. The van der Waals surface area contributed by atoms with Crippen molar-refractivity contribution >= 4 is 16.0 Å². The first-order chi connectivity index (χ1) is 15.0. The molecule has 0 spiro atoms. The molecule has 0 saturated heterocycles. The molecular formula is C27H48NNaO4S. The van der Waals surface area contributed by atoms with E-state index in [2.05, 4.69) is 26.1 Å². The van der Waals surface area contributed by atoms with Crippen molar-refractivity contribution in [3.05, 3.63) is 0 Å². The molecule has 7 unspecified atom stereocenters. The zero-order valence-corrected chi connectivity index (χ0v) is 24.2. The van der Waals surface area contributed by atoms with Crippen molar-refractivity contribution in [2.24, 2.45) is 46.3 Å². The molecule has 4 aliphatic carbocycles. The van der Waals surface area contributed by atoms with Crippen LogP contribution < -0.4 is 34.9 Å². The van der Waals surface area contributed by atoms with Crippen LogP contribution in [0.5, 0.6) is 0 Å². The van der Waals surface area contributed by atoms with Gasteiger partial charge in [0.25, 0.3) is 0 Å². The molecule has 4 fully saturated rings. The number of rotatable bonds is 7. The summed E-state index contributed by atoms with van der Waals surface area (Å²) in [7, 11) is -4.27. The second kappa shape index (κ2) is 11.8. The van der Waals surface area contributed by atoms with E-state index >= 15 is 0 Å². The van der Waals surface area contributed by atoms with Crippen LogP contribution in [0, 0.1) is 46.3 Å². The molecule has 0 bridgehead atoms. The summed E-state index contributed by atoms with van der Waals surface area (Å²) >= 11 is 0. The Balaban J connectivity index is 0.00000204. The molecule has 7 heteroatoms. The molecule has 4 saturated carbocycles. The van der Waals surface area contributed by atoms with Crippen molar-refractivity contribution in [2.45, 2.75) is 105 Å². The van der Waals surface area contributed by atoms with Crippen molar-refractivity contribution in [2.75, 3.05) is 12.3 Å². The fourth-order valence-electron chi connectivity index (χ4n) is 9.23. The Hall–Kier alpha value is 0.380. The summed E-state index contributed by atoms with van der Waals surface area (Å²) in [5, 5.41) is 2.60. The van der Waals surface area contributed by atoms with Crippen molar-refractivity contribution in [1.29, 1.82) is 0 Å². The molecule has 0 radical (unpaired) electrons. The maximum absolute atomic E-state index is 12.2. The minimum Gasteiger partial charge on any atom is -0.748 e. The Morgan fingerprint density at radius 2 is 1.71 bits per heavy atom. The molecule has 0 aromatic heterocycles. The Labute approximate surface area is 231 Å². The maximum Gasteiger partial charge on any atom is 1.00 e. The van der Waals surface area contributed by atoms with E-state index in [-0.39, 0.29) is 49.4 Å². The van der Waals surface area contributed by atoms with E-state index in [1.165, 1.54) is 64.2 Å². The molecule has 1 amide bonds. The summed E-state index contributed by atoms with van der Waals surface area (Å²) in [6.45, 7) is 7.45. The van der Waals surface area contributed by atoms with E-state index in [1.807, 2.05) is 0 Å². The third-order valence-corrected chi connectivity index (χ3v) is 11.5. The van der Waals surface area contributed by atoms with Crippen LogP contribution >= 0.6 is 0 Å². The average Bonchev–Trinajstić information content (AvgIpc) is 3.08. The predicted octanol–water partition coefficient (Wildman–Crippen LogP) is 2.75. The number of fused-ring (bicyclic) bond motifs is 5. The van der Waals surface area contributed by atoms with Gasteiger partial charge in [0, 0.05) is 13.0 Å². The smallest absolute Gasteiger partial charge is 0.748 e. The standard InChI is InChI=1S/C26H45NO4S.CH4.Na/c1-18(7-12-24(28)27-16-17-32(29,30)31)21-10-11-22-20-9-8-19-6-4-5-14-25(19,2)23(20)13-15-26(21,22)3;;/h18-23H,4-17H2,1-3H3,(H,27,28)(H,29,30,31);1H4;/q;;+1/p-1/t18-,19?,20?,21?,22?,23?,25?,26?;;/m1../s1. The van der Waals surface area contributed by atoms with Crippen LogP contribution in [-0.2, 0) is 14.9 Å². The molecule has 5 nitrogen and oxygen atoms in total. The van der Waals surface area contributed by atoms with Gasteiger partial charge in [-0.2, -0.15) is 0 Å². The van der Waals surface area contributed by atoms with E-state index in [0.29, 0.717) is 29.1 Å². The topological polar surface area (TPSA) is 86.3 Å². The summed E-state index contributed by atoms with van der Waals surface area (Å²) in [5.41, 5.74) is 0.993. The molecule has 1 N–H and O–H groups in total. The average molecular weight is 506 g/mol. The molecule has 192 valence electrons. The quantitative estimate of drug-likeness (QED) is 0.426. The number of hydrogen-bond donors (Lipinski definition) is 1. The molecule has 4 rings (SSSR count). The van der Waals surface area contributed by atoms with Gasteiger partial charge >= 0.3 is 29.6 Å². The van der Waals surface area contributed by atoms with Crippen molar-refractivity contribution in [3.8, 4) is 0 Å². The Morgan fingerprint density at radius 1 is 1.00 bits per heavy atom. The van der Waals surface area contributed by atoms with Gasteiger partial charge < -0.3 is 9.87 Å². The zero-order valence-electron chi connectivity index (χ0n) is 21.4. The molecule has 4 aliphatic rings. The van der Waals surface area contributed by atoms with Crippen molar-refractivity contribution < 1.29 is 47.3 Å².